The normalized spacial score (nSPS) is 21.4. The average Bonchev–Trinajstić information content (AvgIpc) is 2.70. The first-order valence-corrected chi connectivity index (χ1v) is 5.35. The Morgan fingerprint density at radius 3 is 3.00 bits per heavy atom. The first-order chi connectivity index (χ1) is 6.81. The fraction of sp³-hybridized carbons (Fsp3) is 0.583. The van der Waals surface area contributed by atoms with Crippen molar-refractivity contribution in [1.29, 1.82) is 0 Å². The van der Waals surface area contributed by atoms with E-state index < -0.39 is 0 Å². The minimum Gasteiger partial charge on any atom is -0.381 e. The second kappa shape index (κ2) is 4.09. The lowest BCUT2D eigenvalue weighted by Crippen LogP contribution is -2.04. The number of rotatable bonds is 2. The molecule has 0 saturated carbocycles. The molecule has 1 aliphatic rings. The first kappa shape index (κ1) is 9.66. The maximum Gasteiger partial charge on any atom is 0.0536 e. The quantitative estimate of drug-likeness (QED) is 0.716. The molecule has 2 heteroatoms. The van der Waals surface area contributed by atoms with Crippen molar-refractivity contribution in [1.82, 2.24) is 4.98 Å². The smallest absolute Gasteiger partial charge is 0.0536 e. The topological polar surface area (TPSA) is 22.1 Å². The predicted molar refractivity (Wildman–Crippen MR) is 56.5 cm³/mol. The van der Waals surface area contributed by atoms with Gasteiger partial charge < -0.3 is 4.74 Å². The Morgan fingerprint density at radius 2 is 2.36 bits per heavy atom. The van der Waals surface area contributed by atoms with Gasteiger partial charge in [0.25, 0.3) is 0 Å². The van der Waals surface area contributed by atoms with Gasteiger partial charge >= 0.3 is 0 Å². The lowest BCUT2D eigenvalue weighted by molar-refractivity contribution is 0.193. The summed E-state index contributed by atoms with van der Waals surface area (Å²) in [5.41, 5.74) is 3.76. The summed E-state index contributed by atoms with van der Waals surface area (Å²) in [5, 5.41) is 0. The van der Waals surface area contributed by atoms with Crippen LogP contribution in [0.3, 0.4) is 0 Å². The minimum atomic E-state index is 0.582. The Bertz CT molecular complexity index is 316. The molecule has 1 aromatic heterocycles. The highest BCUT2D eigenvalue weighted by molar-refractivity contribution is 5.27. The van der Waals surface area contributed by atoms with Crippen molar-refractivity contribution in [3.8, 4) is 0 Å². The van der Waals surface area contributed by atoms with Crippen LogP contribution in [-0.2, 0) is 11.2 Å². The Balaban J connectivity index is 2.31. The number of aryl methyl sites for hydroxylation is 2. The van der Waals surface area contributed by atoms with Crippen molar-refractivity contribution in [2.45, 2.75) is 32.6 Å². The Labute approximate surface area is 85.3 Å². The number of nitrogens with zero attached hydrogens (tertiary/aromatic N) is 1. The molecule has 1 fully saturated rings. The molecule has 1 atom stereocenters. The van der Waals surface area contributed by atoms with Crippen molar-refractivity contribution >= 4 is 0 Å². The third-order valence-electron chi connectivity index (χ3n) is 2.85. The van der Waals surface area contributed by atoms with E-state index >= 15 is 0 Å². The van der Waals surface area contributed by atoms with Gasteiger partial charge in [-0.2, -0.15) is 0 Å². The molecule has 2 nitrogen and oxygen atoms in total. The Kier molecular flexibility index (Phi) is 2.82. The fourth-order valence-electron chi connectivity index (χ4n) is 2.06. The largest absolute Gasteiger partial charge is 0.381 e. The monoisotopic (exact) mass is 191 g/mol. The van der Waals surface area contributed by atoms with E-state index in [9.17, 15) is 0 Å². The molecule has 0 spiro atoms. The van der Waals surface area contributed by atoms with Gasteiger partial charge in [-0.25, -0.2) is 0 Å². The summed E-state index contributed by atoms with van der Waals surface area (Å²) in [6.07, 6.45) is 2.17. The van der Waals surface area contributed by atoms with Crippen molar-refractivity contribution in [2.75, 3.05) is 13.2 Å². The van der Waals surface area contributed by atoms with E-state index in [2.05, 4.69) is 24.0 Å². The van der Waals surface area contributed by atoms with Gasteiger partial charge in [0, 0.05) is 23.9 Å². The van der Waals surface area contributed by atoms with Crippen LogP contribution in [0.4, 0.5) is 0 Å². The van der Waals surface area contributed by atoms with Crippen molar-refractivity contribution in [3.63, 3.8) is 0 Å². The second-order valence-corrected chi connectivity index (χ2v) is 3.90. The van der Waals surface area contributed by atoms with Crippen LogP contribution < -0.4 is 0 Å². The molecule has 0 aliphatic carbocycles. The number of hydrogen-bond acceptors (Lipinski definition) is 2. The number of ether oxygens (including phenoxy) is 1. The summed E-state index contributed by atoms with van der Waals surface area (Å²) in [6.45, 7) is 5.99. The van der Waals surface area contributed by atoms with Crippen LogP contribution in [0.15, 0.2) is 12.1 Å². The van der Waals surface area contributed by atoms with Gasteiger partial charge in [-0.3, -0.25) is 4.98 Å². The summed E-state index contributed by atoms with van der Waals surface area (Å²) in [6, 6.07) is 4.33. The predicted octanol–water partition coefficient (Wildman–Crippen LogP) is 2.46. The van der Waals surface area contributed by atoms with Crippen LogP contribution in [0, 0.1) is 6.92 Å². The van der Waals surface area contributed by atoms with E-state index in [0.717, 1.165) is 31.7 Å². The molecular weight excluding hydrogens is 174 g/mol. The Morgan fingerprint density at radius 1 is 1.50 bits per heavy atom. The summed E-state index contributed by atoms with van der Waals surface area (Å²) < 4.78 is 5.41. The van der Waals surface area contributed by atoms with E-state index in [1.807, 2.05) is 6.92 Å². The molecule has 0 amide bonds. The maximum absolute atomic E-state index is 5.41. The van der Waals surface area contributed by atoms with E-state index in [0.29, 0.717) is 5.92 Å². The molecule has 0 radical (unpaired) electrons. The van der Waals surface area contributed by atoms with Gasteiger partial charge in [0.05, 0.1) is 6.61 Å². The van der Waals surface area contributed by atoms with E-state index in [-0.39, 0.29) is 0 Å². The number of aromatic nitrogens is 1. The van der Waals surface area contributed by atoms with Crippen LogP contribution in [0.5, 0.6) is 0 Å². The van der Waals surface area contributed by atoms with Gasteiger partial charge in [-0.15, -0.1) is 0 Å². The van der Waals surface area contributed by atoms with E-state index in [1.54, 1.807) is 0 Å². The summed E-state index contributed by atoms with van der Waals surface area (Å²) in [7, 11) is 0. The van der Waals surface area contributed by atoms with Gasteiger partial charge in [-0.1, -0.05) is 13.0 Å². The SMILES string of the molecule is CCc1nc(C)ccc1[C@H]1CCOC1. The van der Waals surface area contributed by atoms with Crippen LogP contribution in [-0.4, -0.2) is 18.2 Å². The summed E-state index contributed by atoms with van der Waals surface area (Å²) >= 11 is 0. The van der Waals surface area contributed by atoms with Gasteiger partial charge in [-0.05, 0) is 31.4 Å². The molecule has 0 N–H and O–H groups in total. The molecule has 2 rings (SSSR count). The lowest BCUT2D eigenvalue weighted by atomic mass is 9.95. The van der Waals surface area contributed by atoms with Crippen LogP contribution >= 0.6 is 0 Å². The second-order valence-electron chi connectivity index (χ2n) is 3.90. The van der Waals surface area contributed by atoms with Gasteiger partial charge in [0.15, 0.2) is 0 Å². The summed E-state index contributed by atoms with van der Waals surface area (Å²) in [5.74, 6) is 0.582. The molecule has 0 bridgehead atoms. The zero-order valence-electron chi connectivity index (χ0n) is 8.92. The van der Waals surface area contributed by atoms with Crippen LogP contribution in [0.1, 0.15) is 36.2 Å². The molecular formula is C12H17NO. The van der Waals surface area contributed by atoms with Crippen LogP contribution in [0.25, 0.3) is 0 Å². The standard InChI is InChI=1S/C12H17NO/c1-3-12-11(5-4-9(2)13-12)10-6-7-14-8-10/h4-5,10H,3,6-8H2,1-2H3/t10-/m0/s1. The molecule has 14 heavy (non-hydrogen) atoms. The molecule has 1 aliphatic heterocycles. The minimum absolute atomic E-state index is 0.582. The molecule has 0 unspecified atom stereocenters. The Hall–Kier alpha value is -0.890. The third-order valence-corrected chi connectivity index (χ3v) is 2.85. The highest BCUT2D eigenvalue weighted by Crippen LogP contribution is 2.27. The maximum atomic E-state index is 5.41. The number of hydrogen-bond donors (Lipinski definition) is 0. The molecule has 2 heterocycles. The fourth-order valence-corrected chi connectivity index (χ4v) is 2.06. The molecule has 0 aromatic carbocycles. The summed E-state index contributed by atoms with van der Waals surface area (Å²) in [4.78, 5) is 4.58. The van der Waals surface area contributed by atoms with Crippen molar-refractivity contribution < 1.29 is 4.74 Å². The zero-order valence-corrected chi connectivity index (χ0v) is 8.92. The highest BCUT2D eigenvalue weighted by atomic mass is 16.5. The van der Waals surface area contributed by atoms with Gasteiger partial charge in [0.2, 0.25) is 0 Å². The first-order valence-electron chi connectivity index (χ1n) is 5.35. The third kappa shape index (κ3) is 1.80. The molecule has 76 valence electrons. The van der Waals surface area contributed by atoms with E-state index in [1.165, 1.54) is 11.3 Å². The zero-order chi connectivity index (χ0) is 9.97. The van der Waals surface area contributed by atoms with E-state index in [4.69, 9.17) is 4.74 Å². The van der Waals surface area contributed by atoms with Crippen LogP contribution in [0.2, 0.25) is 0 Å². The average molecular weight is 191 g/mol. The highest BCUT2D eigenvalue weighted by Gasteiger charge is 2.20. The molecule has 1 aromatic rings. The lowest BCUT2D eigenvalue weighted by Gasteiger charge is -2.12. The molecule has 1 saturated heterocycles. The van der Waals surface area contributed by atoms with Crippen molar-refractivity contribution in [3.05, 3.63) is 29.1 Å². The van der Waals surface area contributed by atoms with Crippen molar-refractivity contribution in [2.24, 2.45) is 0 Å². The number of pyridine rings is 1. The van der Waals surface area contributed by atoms with Gasteiger partial charge in [0.1, 0.15) is 0 Å².